The molecule has 0 bridgehead atoms. The molecule has 0 unspecified atom stereocenters. The van der Waals surface area contributed by atoms with Crippen molar-refractivity contribution < 1.29 is 13.9 Å². The predicted molar refractivity (Wildman–Crippen MR) is 119 cm³/mol. The van der Waals surface area contributed by atoms with Gasteiger partial charge in [0.1, 0.15) is 29.6 Å². The van der Waals surface area contributed by atoms with Gasteiger partial charge in [0, 0.05) is 30.4 Å². The number of halogens is 2. The van der Waals surface area contributed by atoms with Crippen molar-refractivity contribution in [3.63, 3.8) is 0 Å². The molecular weight excluding hydrogens is 447 g/mol. The van der Waals surface area contributed by atoms with Crippen LogP contribution in [0.2, 0.25) is 10.0 Å². The van der Waals surface area contributed by atoms with Crippen molar-refractivity contribution in [1.82, 2.24) is 15.1 Å². The minimum Gasteiger partial charge on any atom is -0.484 e. The van der Waals surface area contributed by atoms with Crippen LogP contribution in [0.15, 0.2) is 46.6 Å². The number of hydrogen-bond acceptors (Lipinski definition) is 5. The summed E-state index contributed by atoms with van der Waals surface area (Å²) in [6, 6.07) is 8.47. The highest BCUT2D eigenvalue weighted by Crippen LogP contribution is 2.29. The molecule has 30 heavy (non-hydrogen) atoms. The molecular formula is C20H16Cl2N4O3S. The van der Waals surface area contributed by atoms with Crippen LogP contribution >= 0.6 is 35.4 Å². The molecule has 7 nitrogen and oxygen atoms in total. The van der Waals surface area contributed by atoms with E-state index in [9.17, 15) is 4.79 Å². The van der Waals surface area contributed by atoms with Crippen LogP contribution in [0.5, 0.6) is 5.75 Å². The van der Waals surface area contributed by atoms with Crippen molar-refractivity contribution in [1.29, 1.82) is 0 Å². The zero-order chi connectivity index (χ0) is 21.4. The van der Waals surface area contributed by atoms with Gasteiger partial charge in [0.05, 0.1) is 16.4 Å². The number of rotatable bonds is 5. The minimum atomic E-state index is -0.281. The Morgan fingerprint density at radius 2 is 2.10 bits per heavy atom. The molecule has 154 valence electrons. The molecule has 0 aliphatic carbocycles. The largest absolute Gasteiger partial charge is 0.484 e. The van der Waals surface area contributed by atoms with E-state index in [1.165, 1.54) is 4.90 Å². The van der Waals surface area contributed by atoms with Crippen LogP contribution in [0.1, 0.15) is 17.2 Å². The number of aromatic nitrogens is 2. The van der Waals surface area contributed by atoms with Crippen LogP contribution in [0.4, 0.5) is 5.69 Å². The summed E-state index contributed by atoms with van der Waals surface area (Å²) in [7, 11) is 1.79. The Hall–Kier alpha value is -2.81. The Morgan fingerprint density at radius 3 is 2.83 bits per heavy atom. The Balaban J connectivity index is 1.49. The van der Waals surface area contributed by atoms with Crippen LogP contribution < -0.4 is 15.0 Å². The summed E-state index contributed by atoms with van der Waals surface area (Å²) in [5, 5.41) is 8.45. The van der Waals surface area contributed by atoms with E-state index in [1.54, 1.807) is 54.3 Å². The first-order valence-electron chi connectivity index (χ1n) is 8.86. The highest BCUT2D eigenvalue weighted by atomic mass is 35.5. The molecule has 10 heteroatoms. The normalized spacial score (nSPS) is 15.2. The Kier molecular flexibility index (Phi) is 5.55. The molecule has 1 fully saturated rings. The van der Waals surface area contributed by atoms with E-state index in [1.807, 2.05) is 6.92 Å². The van der Waals surface area contributed by atoms with Crippen molar-refractivity contribution in [2.45, 2.75) is 13.5 Å². The SMILES string of the molecule is Cc1nn(C)cc1N1C(=O)/C(=C\c2ccc(COc3cc(Cl)ccc3Cl)o2)NC1=S. The number of benzene rings is 1. The number of thiocarbonyl (C=S) groups is 1. The quantitative estimate of drug-likeness (QED) is 0.445. The number of furan rings is 1. The van der Waals surface area contributed by atoms with E-state index in [0.717, 1.165) is 0 Å². The molecule has 0 radical (unpaired) electrons. The summed E-state index contributed by atoms with van der Waals surface area (Å²) in [5.41, 5.74) is 1.65. The number of aryl methyl sites for hydroxylation is 2. The number of carbonyl (C=O) groups excluding carboxylic acids is 1. The fraction of sp³-hybridized carbons (Fsp3) is 0.150. The number of nitrogens with one attached hydrogen (secondary N) is 1. The first-order chi connectivity index (χ1) is 14.3. The Labute approximate surface area is 187 Å². The number of ether oxygens (including phenoxy) is 1. The van der Waals surface area contributed by atoms with E-state index >= 15 is 0 Å². The maximum atomic E-state index is 12.8. The van der Waals surface area contributed by atoms with E-state index in [-0.39, 0.29) is 17.6 Å². The van der Waals surface area contributed by atoms with Crippen LogP contribution in [-0.2, 0) is 18.4 Å². The van der Waals surface area contributed by atoms with Crippen molar-refractivity contribution >= 4 is 58.2 Å². The molecule has 3 heterocycles. The Bertz CT molecular complexity index is 1180. The van der Waals surface area contributed by atoms with Gasteiger partial charge in [0.2, 0.25) is 0 Å². The van der Waals surface area contributed by atoms with Gasteiger partial charge in [-0.1, -0.05) is 23.2 Å². The number of hydrogen-bond donors (Lipinski definition) is 1. The average molecular weight is 463 g/mol. The second-order valence-corrected chi connectivity index (χ2v) is 7.80. The van der Waals surface area contributed by atoms with Crippen molar-refractivity contribution in [2.75, 3.05) is 4.90 Å². The monoisotopic (exact) mass is 462 g/mol. The van der Waals surface area contributed by atoms with Crippen molar-refractivity contribution in [3.8, 4) is 5.75 Å². The molecule has 1 N–H and O–H groups in total. The van der Waals surface area contributed by atoms with Crippen LogP contribution in [0, 0.1) is 6.92 Å². The summed E-state index contributed by atoms with van der Waals surface area (Å²) >= 11 is 17.4. The minimum absolute atomic E-state index is 0.157. The number of carbonyl (C=O) groups is 1. The summed E-state index contributed by atoms with van der Waals surface area (Å²) in [4.78, 5) is 14.3. The maximum Gasteiger partial charge on any atom is 0.281 e. The summed E-state index contributed by atoms with van der Waals surface area (Å²) < 4.78 is 13.0. The van der Waals surface area contributed by atoms with Gasteiger partial charge >= 0.3 is 0 Å². The van der Waals surface area contributed by atoms with Gasteiger partial charge in [0.25, 0.3) is 5.91 Å². The lowest BCUT2D eigenvalue weighted by molar-refractivity contribution is -0.113. The van der Waals surface area contributed by atoms with Gasteiger partial charge in [-0.2, -0.15) is 5.10 Å². The maximum absolute atomic E-state index is 12.8. The van der Waals surface area contributed by atoms with E-state index in [2.05, 4.69) is 10.4 Å². The van der Waals surface area contributed by atoms with E-state index in [0.29, 0.717) is 44.4 Å². The lowest BCUT2D eigenvalue weighted by atomic mass is 10.3. The van der Waals surface area contributed by atoms with Gasteiger partial charge in [-0.15, -0.1) is 0 Å². The molecule has 0 saturated carbocycles. The van der Waals surface area contributed by atoms with Crippen LogP contribution in [0.25, 0.3) is 6.08 Å². The van der Waals surface area contributed by atoms with Crippen LogP contribution in [-0.4, -0.2) is 20.8 Å². The number of anilines is 1. The van der Waals surface area contributed by atoms with Crippen molar-refractivity contribution in [2.24, 2.45) is 7.05 Å². The molecule has 0 atom stereocenters. The van der Waals surface area contributed by atoms with Gasteiger partial charge < -0.3 is 14.5 Å². The van der Waals surface area contributed by atoms with E-state index in [4.69, 9.17) is 44.6 Å². The zero-order valence-corrected chi connectivity index (χ0v) is 18.3. The Morgan fingerprint density at radius 1 is 1.30 bits per heavy atom. The first kappa shape index (κ1) is 20.5. The molecule has 1 saturated heterocycles. The second kappa shape index (κ2) is 8.14. The third-order valence-corrected chi connectivity index (χ3v) is 5.17. The van der Waals surface area contributed by atoms with Gasteiger partial charge in [-0.05, 0) is 43.4 Å². The molecule has 1 aliphatic rings. The van der Waals surface area contributed by atoms with Crippen molar-refractivity contribution in [3.05, 3.63) is 69.5 Å². The van der Waals surface area contributed by atoms with Gasteiger partial charge in [-0.25, -0.2) is 4.90 Å². The number of nitrogens with zero attached hydrogens (tertiary/aromatic N) is 3. The molecule has 1 aliphatic heterocycles. The molecule has 4 rings (SSSR count). The predicted octanol–water partition coefficient (Wildman–Crippen LogP) is 4.47. The third kappa shape index (κ3) is 4.07. The fourth-order valence-electron chi connectivity index (χ4n) is 2.99. The molecule has 3 aromatic rings. The standard InChI is InChI=1S/C20H16Cl2N4O3S/c1-11-17(9-25(2)24-11)26-19(27)16(23-20(26)30)8-13-4-5-14(29-13)10-28-18-7-12(21)3-6-15(18)22/h3-9H,10H2,1-2H3,(H,23,30)/b16-8+. The summed E-state index contributed by atoms with van der Waals surface area (Å²) in [5.74, 6) is 1.22. The summed E-state index contributed by atoms with van der Waals surface area (Å²) in [6.07, 6.45) is 3.34. The fourth-order valence-corrected chi connectivity index (χ4v) is 3.61. The molecule has 1 amide bonds. The van der Waals surface area contributed by atoms with Gasteiger partial charge in [0.15, 0.2) is 5.11 Å². The lowest BCUT2D eigenvalue weighted by Crippen LogP contribution is -2.30. The first-order valence-corrected chi connectivity index (χ1v) is 10.0. The average Bonchev–Trinajstić information content (AvgIpc) is 3.34. The smallest absolute Gasteiger partial charge is 0.281 e. The lowest BCUT2D eigenvalue weighted by Gasteiger charge is -2.11. The highest BCUT2D eigenvalue weighted by Gasteiger charge is 2.34. The molecule has 1 aromatic carbocycles. The highest BCUT2D eigenvalue weighted by molar-refractivity contribution is 7.80. The topological polar surface area (TPSA) is 72.5 Å². The van der Waals surface area contributed by atoms with Crippen LogP contribution in [0.3, 0.4) is 0 Å². The second-order valence-electron chi connectivity index (χ2n) is 6.57. The van der Waals surface area contributed by atoms with E-state index < -0.39 is 0 Å². The van der Waals surface area contributed by atoms with Gasteiger partial charge in [-0.3, -0.25) is 9.48 Å². The zero-order valence-electron chi connectivity index (χ0n) is 16.0. The summed E-state index contributed by atoms with van der Waals surface area (Å²) in [6.45, 7) is 1.97. The third-order valence-electron chi connectivity index (χ3n) is 4.34. The molecule has 0 spiro atoms. The number of amides is 1. The molecule has 2 aromatic heterocycles.